The molecule has 27 heavy (non-hydrogen) atoms. The number of para-hydroxylation sites is 1. The number of benzene rings is 2. The number of carbonyl (C=O) groups is 2. The van der Waals surface area contributed by atoms with Gasteiger partial charge in [-0.25, -0.2) is 0 Å². The number of nitrogens with one attached hydrogen (secondary N) is 2. The van der Waals surface area contributed by atoms with Crippen molar-refractivity contribution in [3.63, 3.8) is 0 Å². The lowest BCUT2D eigenvalue weighted by Gasteiger charge is -2.13. The predicted molar refractivity (Wildman–Crippen MR) is 94.7 cm³/mol. The van der Waals surface area contributed by atoms with Crippen molar-refractivity contribution in [1.29, 1.82) is 0 Å². The van der Waals surface area contributed by atoms with E-state index in [2.05, 4.69) is 10.6 Å². The maximum Gasteiger partial charge on any atom is 0.418 e. The van der Waals surface area contributed by atoms with Crippen LogP contribution in [0.1, 0.15) is 23.1 Å². The molecule has 7 heteroatoms. The molecule has 2 aromatic carbocycles. The van der Waals surface area contributed by atoms with Crippen LogP contribution in [0.25, 0.3) is 0 Å². The zero-order valence-electron chi connectivity index (χ0n) is 14.6. The Morgan fingerprint density at radius 1 is 1.04 bits per heavy atom. The summed E-state index contributed by atoms with van der Waals surface area (Å²) in [4.78, 5) is 24.4. The molecule has 0 spiro atoms. The third-order valence-corrected chi connectivity index (χ3v) is 4.50. The number of hydrogen-bond acceptors (Lipinski definition) is 2. The number of hydrogen-bond donors (Lipinski definition) is 2. The summed E-state index contributed by atoms with van der Waals surface area (Å²) in [6.07, 6.45) is -4.22. The van der Waals surface area contributed by atoms with Gasteiger partial charge in [0, 0.05) is 6.54 Å². The van der Waals surface area contributed by atoms with Crippen LogP contribution in [0.15, 0.2) is 48.5 Å². The van der Waals surface area contributed by atoms with Gasteiger partial charge in [0.05, 0.1) is 23.1 Å². The smallest absolute Gasteiger partial charge is 0.352 e. The molecule has 0 aromatic heterocycles. The van der Waals surface area contributed by atoms with E-state index in [9.17, 15) is 22.8 Å². The summed E-state index contributed by atoms with van der Waals surface area (Å²) in [6.45, 7) is 2.30. The number of rotatable bonds is 5. The van der Waals surface area contributed by atoms with Crippen molar-refractivity contribution in [3.05, 3.63) is 65.2 Å². The van der Waals surface area contributed by atoms with Crippen LogP contribution in [0.3, 0.4) is 0 Å². The Morgan fingerprint density at radius 3 is 2.44 bits per heavy atom. The molecule has 1 aliphatic carbocycles. The van der Waals surface area contributed by atoms with Gasteiger partial charge in [-0.2, -0.15) is 13.2 Å². The first-order valence-corrected chi connectivity index (χ1v) is 8.56. The molecule has 1 fully saturated rings. The zero-order valence-corrected chi connectivity index (χ0v) is 14.6. The second-order valence-electron chi connectivity index (χ2n) is 6.69. The summed E-state index contributed by atoms with van der Waals surface area (Å²) in [7, 11) is 0. The van der Waals surface area contributed by atoms with E-state index in [0.29, 0.717) is 13.0 Å². The lowest BCUT2D eigenvalue weighted by Crippen LogP contribution is -2.27. The molecule has 142 valence electrons. The second-order valence-corrected chi connectivity index (χ2v) is 6.69. The monoisotopic (exact) mass is 376 g/mol. The van der Waals surface area contributed by atoms with Gasteiger partial charge in [-0.1, -0.05) is 42.0 Å². The van der Waals surface area contributed by atoms with Crippen LogP contribution in [0.2, 0.25) is 0 Å². The number of aryl methyl sites for hydroxylation is 1. The molecule has 1 saturated carbocycles. The van der Waals surface area contributed by atoms with Crippen molar-refractivity contribution in [2.45, 2.75) is 26.1 Å². The third-order valence-electron chi connectivity index (χ3n) is 4.50. The molecule has 2 aromatic rings. The van der Waals surface area contributed by atoms with Crippen molar-refractivity contribution in [2.75, 3.05) is 5.32 Å². The fourth-order valence-electron chi connectivity index (χ4n) is 2.98. The van der Waals surface area contributed by atoms with Gasteiger partial charge in [0.2, 0.25) is 11.8 Å². The third kappa shape index (κ3) is 4.67. The van der Waals surface area contributed by atoms with Crippen molar-refractivity contribution in [2.24, 2.45) is 11.8 Å². The highest BCUT2D eigenvalue weighted by Crippen LogP contribution is 2.41. The van der Waals surface area contributed by atoms with Gasteiger partial charge in [0.1, 0.15) is 0 Å². The van der Waals surface area contributed by atoms with E-state index in [1.54, 1.807) is 0 Å². The van der Waals surface area contributed by atoms with Crippen molar-refractivity contribution in [3.8, 4) is 0 Å². The van der Waals surface area contributed by atoms with Crippen LogP contribution in [0, 0.1) is 18.8 Å². The molecule has 1 aliphatic rings. The minimum Gasteiger partial charge on any atom is -0.352 e. The summed E-state index contributed by atoms with van der Waals surface area (Å²) in [6, 6.07) is 12.5. The van der Waals surface area contributed by atoms with Gasteiger partial charge in [-0.15, -0.1) is 0 Å². The predicted octanol–water partition coefficient (Wildman–Crippen LogP) is 3.90. The summed E-state index contributed by atoms with van der Waals surface area (Å²) in [5.41, 5.74) is 0.832. The first kappa shape index (κ1) is 18.9. The zero-order chi connectivity index (χ0) is 19.6. The Labute approximate surface area is 154 Å². The molecule has 2 unspecified atom stereocenters. The van der Waals surface area contributed by atoms with E-state index in [1.807, 2.05) is 31.2 Å². The summed E-state index contributed by atoms with van der Waals surface area (Å²) < 4.78 is 39.0. The molecule has 0 bridgehead atoms. The van der Waals surface area contributed by atoms with E-state index >= 15 is 0 Å². The van der Waals surface area contributed by atoms with E-state index in [-0.39, 0.29) is 11.6 Å². The minimum absolute atomic E-state index is 0.263. The Bertz CT molecular complexity index is 864. The van der Waals surface area contributed by atoms with Crippen LogP contribution in [-0.4, -0.2) is 11.8 Å². The Hall–Kier alpha value is -2.83. The number of amides is 2. The fraction of sp³-hybridized carbons (Fsp3) is 0.300. The molecule has 0 saturated heterocycles. The topological polar surface area (TPSA) is 58.2 Å². The number of halogens is 3. The van der Waals surface area contributed by atoms with Crippen molar-refractivity contribution >= 4 is 17.5 Å². The van der Waals surface area contributed by atoms with Gasteiger partial charge in [0.15, 0.2) is 0 Å². The van der Waals surface area contributed by atoms with E-state index in [0.717, 1.165) is 17.2 Å². The quantitative estimate of drug-likeness (QED) is 0.831. The van der Waals surface area contributed by atoms with E-state index in [1.165, 1.54) is 18.2 Å². The van der Waals surface area contributed by atoms with Crippen molar-refractivity contribution < 1.29 is 22.8 Å². The lowest BCUT2D eigenvalue weighted by atomic mass is 10.1. The molecule has 0 aliphatic heterocycles. The van der Waals surface area contributed by atoms with E-state index in [4.69, 9.17) is 0 Å². The SMILES string of the molecule is Cc1cccc(CNC(=O)C2CC2C(=O)Nc2ccccc2C(F)(F)F)c1. The molecular weight excluding hydrogens is 357 g/mol. The summed E-state index contributed by atoms with van der Waals surface area (Å²) in [5, 5.41) is 5.08. The van der Waals surface area contributed by atoms with E-state index < -0.39 is 29.5 Å². The van der Waals surface area contributed by atoms with Crippen LogP contribution in [-0.2, 0) is 22.3 Å². The van der Waals surface area contributed by atoms with Gasteiger partial charge in [-0.3, -0.25) is 9.59 Å². The van der Waals surface area contributed by atoms with Gasteiger partial charge in [0.25, 0.3) is 0 Å². The minimum atomic E-state index is -4.56. The number of carbonyl (C=O) groups excluding carboxylic acids is 2. The Balaban J connectivity index is 1.56. The maximum absolute atomic E-state index is 13.0. The normalized spacial score (nSPS) is 18.7. The largest absolute Gasteiger partial charge is 0.418 e. The molecular formula is C20H19F3N2O2. The highest BCUT2D eigenvalue weighted by atomic mass is 19.4. The average molecular weight is 376 g/mol. The van der Waals surface area contributed by atoms with Crippen LogP contribution in [0.5, 0.6) is 0 Å². The highest BCUT2D eigenvalue weighted by Gasteiger charge is 2.48. The van der Waals surface area contributed by atoms with Crippen LogP contribution in [0.4, 0.5) is 18.9 Å². The average Bonchev–Trinajstić information content (AvgIpc) is 3.40. The maximum atomic E-state index is 13.0. The van der Waals surface area contributed by atoms with Crippen molar-refractivity contribution in [1.82, 2.24) is 5.32 Å². The van der Waals surface area contributed by atoms with Gasteiger partial charge < -0.3 is 10.6 Å². The number of alkyl halides is 3. The molecule has 2 atom stereocenters. The van der Waals surface area contributed by atoms with Crippen LogP contribution < -0.4 is 10.6 Å². The first-order valence-electron chi connectivity index (χ1n) is 8.56. The van der Waals surface area contributed by atoms with Gasteiger partial charge in [-0.05, 0) is 31.0 Å². The second kappa shape index (κ2) is 7.42. The lowest BCUT2D eigenvalue weighted by molar-refractivity contribution is -0.137. The molecule has 0 heterocycles. The molecule has 4 nitrogen and oxygen atoms in total. The van der Waals surface area contributed by atoms with Gasteiger partial charge >= 0.3 is 6.18 Å². The highest BCUT2D eigenvalue weighted by molar-refractivity contribution is 6.00. The van der Waals surface area contributed by atoms with Crippen LogP contribution >= 0.6 is 0 Å². The molecule has 2 N–H and O–H groups in total. The fourth-order valence-corrected chi connectivity index (χ4v) is 2.98. The summed E-state index contributed by atoms with van der Waals surface area (Å²) >= 11 is 0. The Kier molecular flexibility index (Phi) is 5.21. The molecule has 0 radical (unpaired) electrons. The molecule has 3 rings (SSSR count). The molecule has 2 amide bonds. The Morgan fingerprint density at radius 2 is 1.74 bits per heavy atom. The first-order chi connectivity index (χ1) is 12.8. The number of anilines is 1. The summed E-state index contributed by atoms with van der Waals surface area (Å²) in [5.74, 6) is -1.94. The standard InChI is InChI=1S/C20H19F3N2O2/c1-12-5-4-6-13(9-12)11-24-18(26)14-10-15(14)19(27)25-17-8-3-2-7-16(17)20(21,22)23/h2-9,14-15H,10-11H2,1H3,(H,24,26)(H,25,27).